The van der Waals surface area contributed by atoms with Crippen LogP contribution in [-0.4, -0.2) is 54.3 Å². The lowest BCUT2D eigenvalue weighted by Gasteiger charge is -2.23. The van der Waals surface area contributed by atoms with E-state index >= 15 is 0 Å². The van der Waals surface area contributed by atoms with Gasteiger partial charge in [-0.25, -0.2) is 0 Å². The molecule has 158 valence electrons. The molecule has 2 amide bonds. The summed E-state index contributed by atoms with van der Waals surface area (Å²) in [6, 6.07) is 17.5. The number of likely N-dealkylation sites (tertiary alicyclic amines) is 2. The van der Waals surface area contributed by atoms with Crippen molar-refractivity contribution in [2.45, 2.75) is 19.4 Å². The van der Waals surface area contributed by atoms with E-state index in [2.05, 4.69) is 22.3 Å². The second kappa shape index (κ2) is 8.98. The summed E-state index contributed by atoms with van der Waals surface area (Å²) in [5, 5.41) is 2.74. The molecule has 0 aromatic heterocycles. The third-order valence-electron chi connectivity index (χ3n) is 6.26. The SMILES string of the molecule is CC(=O)Nc1cccc(C(=O)N2CC3CN(CC[C@H](N)c4ccccc4)CC3C2)c1. The molecule has 0 aliphatic carbocycles. The highest BCUT2D eigenvalue weighted by Gasteiger charge is 2.41. The molecule has 6 heteroatoms. The number of nitrogens with one attached hydrogen (secondary N) is 1. The summed E-state index contributed by atoms with van der Waals surface area (Å²) in [5.74, 6) is 0.970. The molecule has 2 fully saturated rings. The van der Waals surface area contributed by atoms with Gasteiger partial charge in [-0.3, -0.25) is 9.59 Å². The second-order valence-corrected chi connectivity index (χ2v) is 8.56. The van der Waals surface area contributed by atoms with Crippen LogP contribution >= 0.6 is 0 Å². The van der Waals surface area contributed by atoms with Gasteiger partial charge in [-0.2, -0.15) is 0 Å². The summed E-state index contributed by atoms with van der Waals surface area (Å²) in [5.41, 5.74) is 8.83. The van der Waals surface area contributed by atoms with Gasteiger partial charge < -0.3 is 20.9 Å². The van der Waals surface area contributed by atoms with E-state index in [9.17, 15) is 9.59 Å². The highest BCUT2D eigenvalue weighted by molar-refractivity contribution is 5.97. The maximum Gasteiger partial charge on any atom is 0.253 e. The van der Waals surface area contributed by atoms with Gasteiger partial charge in [0.25, 0.3) is 5.91 Å². The van der Waals surface area contributed by atoms with Crippen molar-refractivity contribution in [1.82, 2.24) is 9.80 Å². The molecule has 2 aliphatic heterocycles. The Balaban J connectivity index is 1.28. The first-order valence-corrected chi connectivity index (χ1v) is 10.7. The van der Waals surface area contributed by atoms with Crippen molar-refractivity contribution in [2.24, 2.45) is 17.6 Å². The minimum absolute atomic E-state index is 0.0502. The van der Waals surface area contributed by atoms with Crippen molar-refractivity contribution in [3.8, 4) is 0 Å². The van der Waals surface area contributed by atoms with Gasteiger partial charge in [-0.1, -0.05) is 36.4 Å². The normalized spacial score (nSPS) is 22.0. The number of nitrogens with zero attached hydrogens (tertiary/aromatic N) is 2. The largest absolute Gasteiger partial charge is 0.338 e. The summed E-state index contributed by atoms with van der Waals surface area (Å²) in [7, 11) is 0. The van der Waals surface area contributed by atoms with Gasteiger partial charge in [0.1, 0.15) is 0 Å². The Labute approximate surface area is 178 Å². The Morgan fingerprint density at radius 1 is 1.03 bits per heavy atom. The number of nitrogens with two attached hydrogens (primary N) is 1. The monoisotopic (exact) mass is 406 g/mol. The molecule has 0 radical (unpaired) electrons. The standard InChI is InChI=1S/C24H30N4O2/c1-17(29)26-22-9-5-8-19(12-22)24(30)28-15-20-13-27(14-21(20)16-28)11-10-23(25)18-6-3-2-4-7-18/h2-9,12,20-21,23H,10-11,13-16,25H2,1H3,(H,26,29)/t20?,21?,23-/m0/s1. The average Bonchev–Trinajstić information content (AvgIpc) is 3.30. The van der Waals surface area contributed by atoms with Crippen molar-refractivity contribution >= 4 is 17.5 Å². The van der Waals surface area contributed by atoms with Gasteiger partial charge in [0, 0.05) is 50.4 Å². The van der Waals surface area contributed by atoms with Crippen molar-refractivity contribution in [3.05, 3.63) is 65.7 Å². The molecular formula is C24H30N4O2. The Kier molecular flexibility index (Phi) is 6.16. The number of benzene rings is 2. The van der Waals surface area contributed by atoms with Crippen LogP contribution in [0.15, 0.2) is 54.6 Å². The fraction of sp³-hybridized carbons (Fsp3) is 0.417. The molecule has 4 rings (SSSR count). The summed E-state index contributed by atoms with van der Waals surface area (Å²) in [6.07, 6.45) is 0.946. The fourth-order valence-corrected chi connectivity index (χ4v) is 4.74. The minimum Gasteiger partial charge on any atom is -0.338 e. The molecule has 2 aromatic rings. The summed E-state index contributed by atoms with van der Waals surface area (Å²) in [6.45, 7) is 6.12. The van der Waals surface area contributed by atoms with E-state index in [-0.39, 0.29) is 17.9 Å². The summed E-state index contributed by atoms with van der Waals surface area (Å²) < 4.78 is 0. The molecule has 0 spiro atoms. The topological polar surface area (TPSA) is 78.7 Å². The first kappa shape index (κ1) is 20.6. The van der Waals surface area contributed by atoms with E-state index in [1.807, 2.05) is 35.2 Å². The number of hydrogen-bond donors (Lipinski definition) is 2. The molecule has 30 heavy (non-hydrogen) atoms. The quantitative estimate of drug-likeness (QED) is 0.773. The maximum atomic E-state index is 13.0. The molecule has 0 bridgehead atoms. The molecule has 3 atom stereocenters. The summed E-state index contributed by atoms with van der Waals surface area (Å²) in [4.78, 5) is 28.7. The molecule has 2 aliphatic rings. The van der Waals surface area contributed by atoms with Crippen molar-refractivity contribution in [1.29, 1.82) is 0 Å². The van der Waals surface area contributed by atoms with Crippen LogP contribution in [0.1, 0.15) is 35.3 Å². The van der Waals surface area contributed by atoms with E-state index in [0.717, 1.165) is 39.1 Å². The predicted molar refractivity (Wildman–Crippen MR) is 118 cm³/mol. The minimum atomic E-state index is -0.137. The van der Waals surface area contributed by atoms with E-state index in [0.29, 0.717) is 23.1 Å². The lowest BCUT2D eigenvalue weighted by atomic mass is 10.0. The average molecular weight is 407 g/mol. The van der Waals surface area contributed by atoms with Crippen LogP contribution in [0.3, 0.4) is 0 Å². The zero-order valence-corrected chi connectivity index (χ0v) is 17.5. The number of carbonyl (C=O) groups is 2. The number of hydrogen-bond acceptors (Lipinski definition) is 4. The number of rotatable bonds is 6. The van der Waals surface area contributed by atoms with Gasteiger partial charge in [0.2, 0.25) is 5.91 Å². The van der Waals surface area contributed by atoms with Crippen LogP contribution in [-0.2, 0) is 4.79 Å². The Bertz CT molecular complexity index is 887. The third kappa shape index (κ3) is 4.71. The molecule has 2 aromatic carbocycles. The van der Waals surface area contributed by atoms with E-state index in [4.69, 9.17) is 5.73 Å². The van der Waals surface area contributed by atoms with Gasteiger partial charge in [0.15, 0.2) is 0 Å². The number of amides is 2. The molecule has 6 nitrogen and oxygen atoms in total. The van der Waals surface area contributed by atoms with Gasteiger partial charge in [0.05, 0.1) is 0 Å². The molecular weight excluding hydrogens is 376 g/mol. The van der Waals surface area contributed by atoms with Crippen LogP contribution in [0.2, 0.25) is 0 Å². The van der Waals surface area contributed by atoms with Gasteiger partial charge in [-0.05, 0) is 48.6 Å². The highest BCUT2D eigenvalue weighted by atomic mass is 16.2. The third-order valence-corrected chi connectivity index (χ3v) is 6.26. The van der Waals surface area contributed by atoms with Gasteiger partial charge >= 0.3 is 0 Å². The fourth-order valence-electron chi connectivity index (χ4n) is 4.74. The van der Waals surface area contributed by atoms with Crippen molar-refractivity contribution in [2.75, 3.05) is 38.0 Å². The smallest absolute Gasteiger partial charge is 0.253 e. The number of anilines is 1. The molecule has 2 heterocycles. The Morgan fingerprint density at radius 2 is 1.73 bits per heavy atom. The van der Waals surface area contributed by atoms with Crippen LogP contribution in [0.5, 0.6) is 0 Å². The Morgan fingerprint density at radius 3 is 2.40 bits per heavy atom. The van der Waals surface area contributed by atoms with Crippen molar-refractivity contribution < 1.29 is 9.59 Å². The second-order valence-electron chi connectivity index (χ2n) is 8.56. The lowest BCUT2D eigenvalue weighted by Crippen LogP contribution is -2.34. The van der Waals surface area contributed by atoms with Crippen LogP contribution < -0.4 is 11.1 Å². The predicted octanol–water partition coefficient (Wildman–Crippen LogP) is 2.74. The number of carbonyl (C=O) groups excluding carboxylic acids is 2. The van der Waals surface area contributed by atoms with Crippen LogP contribution in [0.4, 0.5) is 5.69 Å². The zero-order chi connectivity index (χ0) is 21.1. The summed E-state index contributed by atoms with van der Waals surface area (Å²) >= 11 is 0. The molecule has 0 saturated carbocycles. The first-order valence-electron chi connectivity index (χ1n) is 10.7. The molecule has 3 N–H and O–H groups in total. The van der Waals surface area contributed by atoms with Gasteiger partial charge in [-0.15, -0.1) is 0 Å². The maximum absolute atomic E-state index is 13.0. The zero-order valence-electron chi connectivity index (χ0n) is 17.5. The van der Waals surface area contributed by atoms with E-state index < -0.39 is 0 Å². The number of fused-ring (bicyclic) bond motifs is 1. The highest BCUT2D eigenvalue weighted by Crippen LogP contribution is 2.32. The van der Waals surface area contributed by atoms with Crippen LogP contribution in [0, 0.1) is 11.8 Å². The van der Waals surface area contributed by atoms with E-state index in [1.165, 1.54) is 12.5 Å². The first-order chi connectivity index (χ1) is 14.5. The van der Waals surface area contributed by atoms with E-state index in [1.54, 1.807) is 12.1 Å². The van der Waals surface area contributed by atoms with Crippen molar-refractivity contribution in [3.63, 3.8) is 0 Å². The Hall–Kier alpha value is -2.70. The van der Waals surface area contributed by atoms with Crippen LogP contribution in [0.25, 0.3) is 0 Å². The molecule has 2 saturated heterocycles. The lowest BCUT2D eigenvalue weighted by molar-refractivity contribution is -0.114. The molecule has 2 unspecified atom stereocenters.